The van der Waals surface area contributed by atoms with E-state index in [2.05, 4.69) is 5.32 Å². The summed E-state index contributed by atoms with van der Waals surface area (Å²) in [5.74, 6) is -0.638. The van der Waals surface area contributed by atoms with Crippen molar-refractivity contribution in [1.82, 2.24) is 9.21 Å². The second-order valence-corrected chi connectivity index (χ2v) is 11.1. The van der Waals surface area contributed by atoms with Crippen molar-refractivity contribution >= 4 is 50.5 Å². The zero-order valence-electron chi connectivity index (χ0n) is 16.9. The summed E-state index contributed by atoms with van der Waals surface area (Å²) in [6, 6.07) is 8.13. The molecule has 1 aromatic heterocycles. The quantitative estimate of drug-likeness (QED) is 0.705. The van der Waals surface area contributed by atoms with Crippen LogP contribution in [-0.4, -0.2) is 55.6 Å². The molecule has 1 unspecified atom stereocenters. The van der Waals surface area contributed by atoms with Gasteiger partial charge in [0.2, 0.25) is 15.9 Å². The molecule has 166 valence electrons. The van der Waals surface area contributed by atoms with Crippen molar-refractivity contribution in [3.05, 3.63) is 45.6 Å². The molecule has 2 fully saturated rings. The molecule has 1 aromatic carbocycles. The third-order valence-corrected chi connectivity index (χ3v) is 8.93. The molecular formula is C21H24ClN3O4S2. The number of carbonyl (C=O) groups excluding carboxylic acids is 2. The summed E-state index contributed by atoms with van der Waals surface area (Å²) in [4.78, 5) is 27.9. The van der Waals surface area contributed by atoms with Crippen molar-refractivity contribution in [3.63, 3.8) is 0 Å². The normalized spacial score (nSPS) is 20.0. The van der Waals surface area contributed by atoms with Gasteiger partial charge in [-0.25, -0.2) is 8.42 Å². The summed E-state index contributed by atoms with van der Waals surface area (Å²) in [7, 11) is -3.70. The van der Waals surface area contributed by atoms with Gasteiger partial charge in [0, 0.05) is 31.9 Å². The maximum atomic E-state index is 12.9. The van der Waals surface area contributed by atoms with Gasteiger partial charge in [-0.15, -0.1) is 11.3 Å². The Balaban J connectivity index is 1.46. The molecule has 0 radical (unpaired) electrons. The molecule has 2 aromatic rings. The standard InChI is InChI=1S/C21H24ClN3O4S2/c22-17-8-7-16(13-19(17)31(28,29)25-10-1-2-11-25)23-20(26)15-5-3-9-24(14-15)21(27)18-6-4-12-30-18/h4,6-8,12-13,15H,1-3,5,9-11,14H2,(H,23,26). The average Bonchev–Trinajstić information content (AvgIpc) is 3.49. The van der Waals surface area contributed by atoms with Crippen LogP contribution < -0.4 is 5.32 Å². The molecule has 3 heterocycles. The van der Waals surface area contributed by atoms with Gasteiger partial charge in [-0.05, 0) is 55.3 Å². The lowest BCUT2D eigenvalue weighted by Crippen LogP contribution is -2.43. The van der Waals surface area contributed by atoms with Crippen LogP contribution in [0.15, 0.2) is 40.6 Å². The molecule has 7 nitrogen and oxygen atoms in total. The van der Waals surface area contributed by atoms with E-state index in [1.54, 1.807) is 17.0 Å². The van der Waals surface area contributed by atoms with E-state index < -0.39 is 10.0 Å². The van der Waals surface area contributed by atoms with Gasteiger partial charge in [0.1, 0.15) is 4.90 Å². The number of hydrogen-bond acceptors (Lipinski definition) is 5. The Morgan fingerprint density at radius 1 is 1.10 bits per heavy atom. The van der Waals surface area contributed by atoms with Gasteiger partial charge in [-0.1, -0.05) is 17.7 Å². The number of nitrogens with zero attached hydrogens (tertiary/aromatic N) is 2. The van der Waals surface area contributed by atoms with E-state index in [0.29, 0.717) is 43.2 Å². The number of piperidine rings is 1. The summed E-state index contributed by atoms with van der Waals surface area (Å²) in [5, 5.41) is 4.81. The van der Waals surface area contributed by atoms with Crippen LogP contribution in [0, 0.1) is 5.92 Å². The van der Waals surface area contributed by atoms with Gasteiger partial charge >= 0.3 is 0 Å². The summed E-state index contributed by atoms with van der Waals surface area (Å²) in [6.45, 7) is 1.92. The van der Waals surface area contributed by atoms with E-state index >= 15 is 0 Å². The fourth-order valence-corrected chi connectivity index (χ4v) is 6.73. The fraction of sp³-hybridized carbons (Fsp3) is 0.429. The second-order valence-electron chi connectivity index (χ2n) is 7.81. The molecule has 0 spiro atoms. The number of sulfonamides is 1. The molecule has 1 atom stereocenters. The van der Waals surface area contributed by atoms with Crippen LogP contribution >= 0.6 is 22.9 Å². The molecule has 2 aliphatic rings. The van der Waals surface area contributed by atoms with E-state index in [1.807, 2.05) is 11.4 Å². The first kappa shape index (κ1) is 22.3. The number of carbonyl (C=O) groups is 2. The van der Waals surface area contributed by atoms with Crippen molar-refractivity contribution in [1.29, 1.82) is 0 Å². The smallest absolute Gasteiger partial charge is 0.263 e. The van der Waals surface area contributed by atoms with Gasteiger partial charge < -0.3 is 10.2 Å². The zero-order chi connectivity index (χ0) is 22.0. The van der Waals surface area contributed by atoms with Crippen molar-refractivity contribution in [2.75, 3.05) is 31.5 Å². The minimum Gasteiger partial charge on any atom is -0.337 e. The lowest BCUT2D eigenvalue weighted by atomic mass is 9.97. The molecule has 4 rings (SSSR count). The number of likely N-dealkylation sites (tertiary alicyclic amines) is 1. The molecule has 2 saturated heterocycles. The highest BCUT2D eigenvalue weighted by Crippen LogP contribution is 2.30. The number of rotatable bonds is 5. The first-order valence-corrected chi connectivity index (χ1v) is 13.0. The number of thiophene rings is 1. The van der Waals surface area contributed by atoms with Crippen molar-refractivity contribution < 1.29 is 18.0 Å². The van der Waals surface area contributed by atoms with Gasteiger partial charge in [0.15, 0.2) is 0 Å². The molecule has 0 aliphatic carbocycles. The molecule has 2 aliphatic heterocycles. The minimum absolute atomic E-state index is 0.00649. The number of anilines is 1. The highest BCUT2D eigenvalue weighted by molar-refractivity contribution is 7.89. The van der Waals surface area contributed by atoms with E-state index in [1.165, 1.54) is 27.8 Å². The van der Waals surface area contributed by atoms with E-state index in [0.717, 1.165) is 19.3 Å². The largest absolute Gasteiger partial charge is 0.337 e. The molecule has 31 heavy (non-hydrogen) atoms. The van der Waals surface area contributed by atoms with Crippen LogP contribution in [0.25, 0.3) is 0 Å². The Bertz CT molecular complexity index is 1070. The van der Waals surface area contributed by atoms with Crippen LogP contribution in [0.2, 0.25) is 5.02 Å². The fourth-order valence-electron chi connectivity index (χ4n) is 4.02. The summed E-state index contributed by atoms with van der Waals surface area (Å²) >= 11 is 7.57. The lowest BCUT2D eigenvalue weighted by Gasteiger charge is -2.31. The molecule has 2 amide bonds. The Labute approximate surface area is 191 Å². The van der Waals surface area contributed by atoms with E-state index in [-0.39, 0.29) is 27.7 Å². The maximum Gasteiger partial charge on any atom is 0.263 e. The molecule has 0 saturated carbocycles. The first-order chi connectivity index (χ1) is 14.9. The number of halogens is 1. The summed E-state index contributed by atoms with van der Waals surface area (Å²) in [5.41, 5.74) is 0.383. The SMILES string of the molecule is O=C(Nc1ccc(Cl)c(S(=O)(=O)N2CCCC2)c1)C1CCCN(C(=O)c2cccs2)C1. The summed E-state index contributed by atoms with van der Waals surface area (Å²) < 4.78 is 27.2. The van der Waals surface area contributed by atoms with Gasteiger partial charge in [-0.3, -0.25) is 9.59 Å². The second kappa shape index (κ2) is 9.28. The molecule has 10 heteroatoms. The average molecular weight is 482 g/mol. The number of benzene rings is 1. The Morgan fingerprint density at radius 2 is 1.87 bits per heavy atom. The number of nitrogens with one attached hydrogen (secondary N) is 1. The van der Waals surface area contributed by atoms with E-state index in [9.17, 15) is 18.0 Å². The van der Waals surface area contributed by atoms with Crippen molar-refractivity contribution in [2.24, 2.45) is 5.92 Å². The highest BCUT2D eigenvalue weighted by Gasteiger charge is 2.31. The van der Waals surface area contributed by atoms with Crippen molar-refractivity contribution in [3.8, 4) is 0 Å². The molecule has 0 bridgehead atoms. The Morgan fingerprint density at radius 3 is 2.58 bits per heavy atom. The number of hydrogen-bond donors (Lipinski definition) is 1. The van der Waals surface area contributed by atoms with Gasteiger partial charge in [-0.2, -0.15) is 4.31 Å². The van der Waals surface area contributed by atoms with Crippen LogP contribution in [0.4, 0.5) is 5.69 Å². The van der Waals surface area contributed by atoms with Crippen LogP contribution in [0.5, 0.6) is 0 Å². The monoisotopic (exact) mass is 481 g/mol. The van der Waals surface area contributed by atoms with Gasteiger partial charge in [0.25, 0.3) is 5.91 Å². The third-order valence-electron chi connectivity index (χ3n) is 5.69. The Hall–Kier alpha value is -1.94. The Kier molecular flexibility index (Phi) is 6.66. The third kappa shape index (κ3) is 4.79. The minimum atomic E-state index is -3.70. The predicted molar refractivity (Wildman–Crippen MR) is 121 cm³/mol. The molecule has 1 N–H and O–H groups in total. The van der Waals surface area contributed by atoms with Crippen LogP contribution in [0.1, 0.15) is 35.4 Å². The predicted octanol–water partition coefficient (Wildman–Crippen LogP) is 3.68. The summed E-state index contributed by atoms with van der Waals surface area (Å²) in [6.07, 6.45) is 3.07. The highest BCUT2D eigenvalue weighted by atomic mass is 35.5. The van der Waals surface area contributed by atoms with Gasteiger partial charge in [0.05, 0.1) is 15.8 Å². The first-order valence-electron chi connectivity index (χ1n) is 10.3. The lowest BCUT2D eigenvalue weighted by molar-refractivity contribution is -0.121. The maximum absolute atomic E-state index is 12.9. The number of amides is 2. The van der Waals surface area contributed by atoms with E-state index in [4.69, 9.17) is 11.6 Å². The van der Waals surface area contributed by atoms with Crippen LogP contribution in [-0.2, 0) is 14.8 Å². The molecular weight excluding hydrogens is 458 g/mol. The van der Waals surface area contributed by atoms with Crippen LogP contribution in [0.3, 0.4) is 0 Å². The topological polar surface area (TPSA) is 86.8 Å². The van der Waals surface area contributed by atoms with Crippen molar-refractivity contribution in [2.45, 2.75) is 30.6 Å². The zero-order valence-corrected chi connectivity index (χ0v) is 19.3.